The molecule has 0 aromatic carbocycles. The highest BCUT2D eigenvalue weighted by atomic mass is 32.2. The molecule has 110 valence electrons. The molecular weight excluding hydrogens is 270 g/mol. The molecular formula is C12H21NO5S. The van der Waals surface area contributed by atoms with Crippen molar-refractivity contribution in [2.24, 2.45) is 5.92 Å². The highest BCUT2D eigenvalue weighted by Crippen LogP contribution is 2.09. The van der Waals surface area contributed by atoms with E-state index in [9.17, 15) is 18.0 Å². The second-order valence-electron chi connectivity index (χ2n) is 4.67. The van der Waals surface area contributed by atoms with Crippen molar-refractivity contribution in [2.75, 3.05) is 12.9 Å². The minimum atomic E-state index is -3.48. The highest BCUT2D eigenvalue weighted by molar-refractivity contribution is 7.89. The molecule has 0 aliphatic rings. The number of hydrogen-bond acceptors (Lipinski definition) is 5. The first kappa shape index (κ1) is 17.6. The zero-order chi connectivity index (χ0) is 15.1. The van der Waals surface area contributed by atoms with Crippen molar-refractivity contribution in [3.63, 3.8) is 0 Å². The van der Waals surface area contributed by atoms with Crippen molar-refractivity contribution in [3.05, 3.63) is 12.2 Å². The summed E-state index contributed by atoms with van der Waals surface area (Å²) in [6.45, 7) is 7.19. The van der Waals surface area contributed by atoms with Gasteiger partial charge in [-0.3, -0.25) is 9.52 Å². The van der Waals surface area contributed by atoms with Crippen LogP contribution >= 0.6 is 0 Å². The van der Waals surface area contributed by atoms with E-state index >= 15 is 0 Å². The number of amides is 1. The van der Waals surface area contributed by atoms with Crippen molar-refractivity contribution in [1.82, 2.24) is 4.72 Å². The van der Waals surface area contributed by atoms with Gasteiger partial charge in [0.1, 0.15) is 0 Å². The Kier molecular flexibility index (Phi) is 7.36. The van der Waals surface area contributed by atoms with E-state index in [1.165, 1.54) is 0 Å². The maximum Gasteiger partial charge on any atom is 0.333 e. The minimum absolute atomic E-state index is 0.106. The van der Waals surface area contributed by atoms with Crippen molar-refractivity contribution in [1.29, 1.82) is 0 Å². The molecule has 6 nitrogen and oxygen atoms in total. The molecule has 0 aromatic heterocycles. The van der Waals surface area contributed by atoms with Gasteiger partial charge in [-0.15, -0.1) is 0 Å². The first-order valence-corrected chi connectivity index (χ1v) is 7.84. The van der Waals surface area contributed by atoms with Gasteiger partial charge in [0, 0.05) is 12.0 Å². The third-order valence-corrected chi connectivity index (χ3v) is 2.85. The van der Waals surface area contributed by atoms with Crippen LogP contribution in [0.25, 0.3) is 0 Å². The second-order valence-corrected chi connectivity index (χ2v) is 6.42. The Morgan fingerprint density at radius 3 is 2.42 bits per heavy atom. The summed E-state index contributed by atoms with van der Waals surface area (Å²) >= 11 is 0. The fraction of sp³-hybridized carbons (Fsp3) is 0.667. The van der Waals surface area contributed by atoms with Gasteiger partial charge in [-0.2, -0.15) is 0 Å². The fourth-order valence-electron chi connectivity index (χ4n) is 1.29. The van der Waals surface area contributed by atoms with Gasteiger partial charge >= 0.3 is 5.97 Å². The van der Waals surface area contributed by atoms with Crippen molar-refractivity contribution in [3.8, 4) is 0 Å². The molecule has 0 saturated heterocycles. The maximum atomic E-state index is 11.2. The summed E-state index contributed by atoms with van der Waals surface area (Å²) in [5.41, 5.74) is 0.347. The lowest BCUT2D eigenvalue weighted by Crippen LogP contribution is -2.29. The zero-order valence-electron chi connectivity index (χ0n) is 11.6. The van der Waals surface area contributed by atoms with Crippen LogP contribution in [-0.2, 0) is 24.3 Å². The number of esters is 1. The molecule has 1 N–H and O–H groups in total. The molecule has 19 heavy (non-hydrogen) atoms. The van der Waals surface area contributed by atoms with Crippen LogP contribution in [-0.4, -0.2) is 33.2 Å². The van der Waals surface area contributed by atoms with Gasteiger partial charge in [-0.1, -0.05) is 13.5 Å². The molecule has 0 spiro atoms. The smallest absolute Gasteiger partial charge is 0.333 e. The molecule has 1 amide bonds. The van der Waals surface area contributed by atoms with Crippen LogP contribution in [0.3, 0.4) is 0 Å². The molecule has 0 bridgehead atoms. The van der Waals surface area contributed by atoms with E-state index < -0.39 is 21.9 Å². The van der Waals surface area contributed by atoms with Crippen LogP contribution < -0.4 is 4.72 Å². The summed E-state index contributed by atoms with van der Waals surface area (Å²) in [7, 11) is -3.48. The number of carbonyl (C=O) groups is 2. The van der Waals surface area contributed by atoms with Crippen molar-refractivity contribution in [2.45, 2.75) is 33.1 Å². The number of sulfonamides is 1. The van der Waals surface area contributed by atoms with Gasteiger partial charge in [-0.05, 0) is 25.7 Å². The summed E-state index contributed by atoms with van der Waals surface area (Å²) in [6.07, 6.45) is 2.27. The molecule has 1 atom stereocenters. The molecule has 0 saturated carbocycles. The predicted octanol–water partition coefficient (Wildman–Crippen LogP) is 0.988. The van der Waals surface area contributed by atoms with Crippen molar-refractivity contribution >= 4 is 21.9 Å². The van der Waals surface area contributed by atoms with Crippen LogP contribution in [0.1, 0.15) is 33.1 Å². The predicted molar refractivity (Wildman–Crippen MR) is 71.8 cm³/mol. The summed E-state index contributed by atoms with van der Waals surface area (Å²) in [5, 5.41) is 0. The topological polar surface area (TPSA) is 89.5 Å². The van der Waals surface area contributed by atoms with E-state index in [4.69, 9.17) is 4.74 Å². The van der Waals surface area contributed by atoms with E-state index in [0.717, 1.165) is 6.26 Å². The Balaban J connectivity index is 3.80. The average Bonchev–Trinajstić information content (AvgIpc) is 2.23. The minimum Gasteiger partial charge on any atom is -0.462 e. The highest BCUT2D eigenvalue weighted by Gasteiger charge is 2.11. The standard InChI is InChI=1S/C12H21NO5S/c1-9(2)12(15)18-8-10(3)6-5-7-11(14)13-19(4,16)17/h10H,1,5-8H2,2-4H3,(H,13,14). The van der Waals surface area contributed by atoms with E-state index in [2.05, 4.69) is 6.58 Å². The number of ether oxygens (including phenoxy) is 1. The lowest BCUT2D eigenvalue weighted by atomic mass is 10.1. The Labute approximate surface area is 114 Å². The van der Waals surface area contributed by atoms with Gasteiger partial charge in [0.05, 0.1) is 12.9 Å². The fourth-order valence-corrected chi connectivity index (χ4v) is 1.81. The van der Waals surface area contributed by atoms with Crippen LogP contribution in [0.15, 0.2) is 12.2 Å². The van der Waals surface area contributed by atoms with Gasteiger partial charge in [-0.25, -0.2) is 13.2 Å². The van der Waals surface area contributed by atoms with Crippen LogP contribution in [0.2, 0.25) is 0 Å². The number of hydrogen-bond donors (Lipinski definition) is 1. The third-order valence-electron chi connectivity index (χ3n) is 2.25. The van der Waals surface area contributed by atoms with Gasteiger partial charge in [0.2, 0.25) is 15.9 Å². The Morgan fingerprint density at radius 2 is 1.95 bits per heavy atom. The third kappa shape index (κ3) is 10.3. The number of carbonyl (C=O) groups excluding carboxylic acids is 2. The average molecular weight is 291 g/mol. The Hall–Kier alpha value is -1.37. The van der Waals surface area contributed by atoms with Crippen LogP contribution in [0.5, 0.6) is 0 Å². The molecule has 0 radical (unpaired) electrons. The lowest BCUT2D eigenvalue weighted by Gasteiger charge is -2.11. The van der Waals surface area contributed by atoms with E-state index in [-0.39, 0.29) is 18.9 Å². The molecule has 0 aliphatic carbocycles. The Bertz CT molecular complexity index is 441. The number of nitrogens with one attached hydrogen (secondary N) is 1. The van der Waals surface area contributed by atoms with E-state index in [1.807, 2.05) is 11.6 Å². The van der Waals surface area contributed by atoms with E-state index in [1.54, 1.807) is 6.92 Å². The summed E-state index contributed by atoms with van der Waals surface area (Å²) in [4.78, 5) is 22.3. The summed E-state index contributed by atoms with van der Waals surface area (Å²) in [6, 6.07) is 0. The molecule has 0 aliphatic heterocycles. The molecule has 0 fully saturated rings. The summed E-state index contributed by atoms with van der Waals surface area (Å²) < 4.78 is 28.4. The first-order chi connectivity index (χ1) is 8.61. The second kappa shape index (κ2) is 7.93. The molecule has 7 heteroatoms. The maximum absolute atomic E-state index is 11.2. The molecule has 0 aromatic rings. The van der Waals surface area contributed by atoms with E-state index in [0.29, 0.717) is 18.4 Å². The van der Waals surface area contributed by atoms with Gasteiger partial charge < -0.3 is 4.74 Å². The summed E-state index contributed by atoms with van der Waals surface area (Å²) in [5.74, 6) is -0.843. The SMILES string of the molecule is C=C(C)C(=O)OCC(C)CCCC(=O)NS(C)(=O)=O. The quantitative estimate of drug-likeness (QED) is 0.532. The number of rotatable bonds is 8. The first-order valence-electron chi connectivity index (χ1n) is 5.95. The monoisotopic (exact) mass is 291 g/mol. The van der Waals surface area contributed by atoms with Crippen LogP contribution in [0.4, 0.5) is 0 Å². The molecule has 0 rings (SSSR count). The molecule has 1 unspecified atom stereocenters. The van der Waals surface area contributed by atoms with Crippen LogP contribution in [0, 0.1) is 5.92 Å². The van der Waals surface area contributed by atoms with Crippen molar-refractivity contribution < 1.29 is 22.7 Å². The molecule has 0 heterocycles. The van der Waals surface area contributed by atoms with Gasteiger partial charge in [0.15, 0.2) is 0 Å². The lowest BCUT2D eigenvalue weighted by molar-refractivity contribution is -0.140. The Morgan fingerprint density at radius 1 is 1.37 bits per heavy atom. The van der Waals surface area contributed by atoms with Gasteiger partial charge in [0.25, 0.3) is 0 Å². The zero-order valence-corrected chi connectivity index (χ0v) is 12.4. The largest absolute Gasteiger partial charge is 0.462 e. The normalized spacial score (nSPS) is 12.6.